The fourth-order valence-corrected chi connectivity index (χ4v) is 2.29. The van der Waals surface area contributed by atoms with Crippen LogP contribution >= 0.6 is 0 Å². The average molecular weight is 372 g/mol. The number of carboxylic acids is 2. The van der Waals surface area contributed by atoms with Crippen molar-refractivity contribution in [3.05, 3.63) is 71.8 Å². The fourth-order valence-electron chi connectivity index (χ4n) is 2.29. The molecule has 0 bridgehead atoms. The second-order valence-corrected chi connectivity index (χ2v) is 5.90. The predicted molar refractivity (Wildman–Crippen MR) is 101 cm³/mol. The summed E-state index contributed by atoms with van der Waals surface area (Å²) in [6, 6.07) is 16.8. The van der Waals surface area contributed by atoms with Gasteiger partial charge in [-0.05, 0) is 17.5 Å². The molecule has 7 heteroatoms. The number of amides is 1. The number of rotatable bonds is 7. The van der Waals surface area contributed by atoms with Crippen LogP contribution in [-0.2, 0) is 27.2 Å². The van der Waals surface area contributed by atoms with Gasteiger partial charge in [-0.15, -0.1) is 0 Å². The Morgan fingerprint density at radius 2 is 1.30 bits per heavy atom. The number of nitrogens with one attached hydrogen (secondary N) is 1. The number of carbonyl (C=O) groups excluding carboxylic acids is 1. The van der Waals surface area contributed by atoms with Gasteiger partial charge < -0.3 is 21.3 Å². The Bertz CT molecular complexity index is 731. The Labute approximate surface area is 157 Å². The molecule has 0 saturated heterocycles. The van der Waals surface area contributed by atoms with Gasteiger partial charge in [0.25, 0.3) is 5.97 Å². The number of nitrogens with two attached hydrogens (primary N) is 1. The molecule has 2 atom stereocenters. The molecular weight excluding hydrogens is 348 g/mol. The molecule has 0 spiro atoms. The van der Waals surface area contributed by atoms with Gasteiger partial charge in [0.05, 0.1) is 6.04 Å². The van der Waals surface area contributed by atoms with Crippen molar-refractivity contribution in [2.75, 3.05) is 0 Å². The largest absolute Gasteiger partial charge is 0.481 e. The van der Waals surface area contributed by atoms with Gasteiger partial charge in [0, 0.05) is 13.3 Å². The lowest BCUT2D eigenvalue weighted by atomic mass is 10.0. The van der Waals surface area contributed by atoms with Crippen molar-refractivity contribution in [1.29, 1.82) is 0 Å². The van der Waals surface area contributed by atoms with Gasteiger partial charge in [0.1, 0.15) is 6.04 Å². The maximum Gasteiger partial charge on any atom is 0.326 e. The minimum absolute atomic E-state index is 0.222. The van der Waals surface area contributed by atoms with E-state index in [1.807, 2.05) is 60.7 Å². The molecule has 0 aliphatic rings. The number of aliphatic carboxylic acids is 2. The first-order valence-electron chi connectivity index (χ1n) is 8.35. The molecule has 5 N–H and O–H groups in total. The van der Waals surface area contributed by atoms with E-state index in [0.717, 1.165) is 18.1 Å². The van der Waals surface area contributed by atoms with Crippen LogP contribution in [0.4, 0.5) is 0 Å². The molecule has 7 nitrogen and oxygen atoms in total. The van der Waals surface area contributed by atoms with Crippen LogP contribution in [0.3, 0.4) is 0 Å². The highest BCUT2D eigenvalue weighted by molar-refractivity contribution is 5.87. The summed E-state index contributed by atoms with van der Waals surface area (Å²) in [6.45, 7) is 1.08. The van der Waals surface area contributed by atoms with E-state index in [1.165, 1.54) is 0 Å². The van der Waals surface area contributed by atoms with Crippen LogP contribution in [-0.4, -0.2) is 40.1 Å². The zero-order chi connectivity index (χ0) is 20.2. The normalized spacial score (nSPS) is 12.1. The molecular formula is C20H24N2O5. The molecule has 0 aliphatic carbocycles. The third-order valence-corrected chi connectivity index (χ3v) is 3.53. The van der Waals surface area contributed by atoms with Gasteiger partial charge in [0.15, 0.2) is 0 Å². The highest BCUT2D eigenvalue weighted by atomic mass is 16.4. The highest BCUT2D eigenvalue weighted by Crippen LogP contribution is 2.05. The molecule has 2 unspecified atom stereocenters. The number of carboxylic acid groups (broad SMARTS) is 2. The van der Waals surface area contributed by atoms with Gasteiger partial charge >= 0.3 is 5.97 Å². The smallest absolute Gasteiger partial charge is 0.326 e. The molecule has 27 heavy (non-hydrogen) atoms. The minimum atomic E-state index is -1.07. The lowest BCUT2D eigenvalue weighted by Gasteiger charge is -2.18. The first kappa shape index (κ1) is 21.9. The summed E-state index contributed by atoms with van der Waals surface area (Å²) in [5.74, 6) is -2.37. The van der Waals surface area contributed by atoms with E-state index in [9.17, 15) is 14.7 Å². The standard InChI is InChI=1S/C18H20N2O3.C2H4O2/c19-15(11-13-7-3-1-4-8-13)17(21)20-16(18(22)23)12-14-9-5-2-6-10-14;1-2(3)4/h1-10,15-16H,11-12,19H2,(H,20,21)(H,22,23);1H3,(H,3,4). The van der Waals surface area contributed by atoms with E-state index in [4.69, 9.17) is 15.6 Å². The van der Waals surface area contributed by atoms with Crippen molar-refractivity contribution in [1.82, 2.24) is 5.32 Å². The summed E-state index contributed by atoms with van der Waals surface area (Å²) in [5.41, 5.74) is 7.67. The van der Waals surface area contributed by atoms with Crippen molar-refractivity contribution in [3.8, 4) is 0 Å². The molecule has 2 rings (SSSR count). The third kappa shape index (κ3) is 9.18. The van der Waals surface area contributed by atoms with E-state index < -0.39 is 29.9 Å². The van der Waals surface area contributed by atoms with Gasteiger partial charge in [-0.2, -0.15) is 0 Å². The van der Waals surface area contributed by atoms with E-state index >= 15 is 0 Å². The zero-order valence-electron chi connectivity index (χ0n) is 15.0. The summed E-state index contributed by atoms with van der Waals surface area (Å²) in [6.07, 6.45) is 0.588. The molecule has 0 aliphatic heterocycles. The number of hydrogen-bond acceptors (Lipinski definition) is 4. The van der Waals surface area contributed by atoms with Crippen LogP contribution in [0.5, 0.6) is 0 Å². The van der Waals surface area contributed by atoms with Crippen LogP contribution in [0.25, 0.3) is 0 Å². The molecule has 1 amide bonds. The molecule has 0 heterocycles. The van der Waals surface area contributed by atoms with E-state index in [-0.39, 0.29) is 6.42 Å². The summed E-state index contributed by atoms with van der Waals surface area (Å²) in [5, 5.41) is 19.2. The monoisotopic (exact) mass is 372 g/mol. The predicted octanol–water partition coefficient (Wildman–Crippen LogP) is 1.46. The van der Waals surface area contributed by atoms with Crippen LogP contribution < -0.4 is 11.1 Å². The van der Waals surface area contributed by atoms with Crippen molar-refractivity contribution in [3.63, 3.8) is 0 Å². The van der Waals surface area contributed by atoms with E-state index in [1.54, 1.807) is 0 Å². The Morgan fingerprint density at radius 1 is 0.889 bits per heavy atom. The van der Waals surface area contributed by atoms with Crippen LogP contribution in [0.2, 0.25) is 0 Å². The fraction of sp³-hybridized carbons (Fsp3) is 0.250. The van der Waals surface area contributed by atoms with Crippen LogP contribution in [0.15, 0.2) is 60.7 Å². The maximum atomic E-state index is 12.2. The SMILES string of the molecule is CC(=O)O.NC(Cc1ccccc1)C(=O)NC(Cc1ccccc1)C(=O)O. The Kier molecular flexibility index (Phi) is 9.25. The first-order valence-corrected chi connectivity index (χ1v) is 8.35. The molecule has 0 aromatic heterocycles. The van der Waals surface area contributed by atoms with Crippen LogP contribution in [0, 0.1) is 0 Å². The summed E-state index contributed by atoms with van der Waals surface area (Å²) < 4.78 is 0. The molecule has 2 aromatic carbocycles. The lowest BCUT2D eigenvalue weighted by Crippen LogP contribution is -2.50. The summed E-state index contributed by atoms with van der Waals surface area (Å²) in [4.78, 5) is 32.5. The zero-order valence-corrected chi connectivity index (χ0v) is 15.0. The number of benzene rings is 2. The molecule has 0 radical (unpaired) electrons. The second kappa shape index (κ2) is 11.4. The Balaban J connectivity index is 0.000000828. The number of carbonyl (C=O) groups is 3. The molecule has 0 saturated carbocycles. The summed E-state index contributed by atoms with van der Waals surface area (Å²) >= 11 is 0. The average Bonchev–Trinajstić information content (AvgIpc) is 2.62. The van der Waals surface area contributed by atoms with Gasteiger partial charge in [-0.25, -0.2) is 4.79 Å². The van der Waals surface area contributed by atoms with E-state index in [2.05, 4.69) is 5.32 Å². The quantitative estimate of drug-likeness (QED) is 0.582. The van der Waals surface area contributed by atoms with Crippen molar-refractivity contribution in [2.24, 2.45) is 5.73 Å². The molecule has 0 fully saturated rings. The van der Waals surface area contributed by atoms with E-state index in [0.29, 0.717) is 6.42 Å². The minimum Gasteiger partial charge on any atom is -0.481 e. The summed E-state index contributed by atoms with van der Waals surface area (Å²) in [7, 11) is 0. The van der Waals surface area contributed by atoms with Crippen LogP contribution in [0.1, 0.15) is 18.1 Å². The highest BCUT2D eigenvalue weighted by Gasteiger charge is 2.23. The number of hydrogen-bond donors (Lipinski definition) is 4. The second-order valence-electron chi connectivity index (χ2n) is 5.90. The van der Waals surface area contributed by atoms with Crippen molar-refractivity contribution in [2.45, 2.75) is 31.8 Å². The topological polar surface area (TPSA) is 130 Å². The lowest BCUT2D eigenvalue weighted by molar-refractivity contribution is -0.142. The van der Waals surface area contributed by atoms with Crippen molar-refractivity contribution >= 4 is 17.8 Å². The maximum absolute atomic E-state index is 12.2. The first-order chi connectivity index (χ1) is 12.8. The van der Waals surface area contributed by atoms with Crippen molar-refractivity contribution < 1.29 is 24.6 Å². The van der Waals surface area contributed by atoms with Gasteiger partial charge in [-0.3, -0.25) is 9.59 Å². The van der Waals surface area contributed by atoms with Gasteiger partial charge in [0.2, 0.25) is 5.91 Å². The molecule has 2 aromatic rings. The van der Waals surface area contributed by atoms with Gasteiger partial charge in [-0.1, -0.05) is 60.7 Å². The Hall–Kier alpha value is -3.19. The Morgan fingerprint density at radius 3 is 1.70 bits per heavy atom. The third-order valence-electron chi connectivity index (χ3n) is 3.53. The molecule has 144 valence electrons.